The highest BCUT2D eigenvalue weighted by atomic mass is 32.2. The second-order valence-electron chi connectivity index (χ2n) is 8.28. The van der Waals surface area contributed by atoms with Crippen molar-refractivity contribution in [3.05, 3.63) is 54.6 Å². The summed E-state index contributed by atoms with van der Waals surface area (Å²) in [5, 5.41) is 2.47. The highest BCUT2D eigenvalue weighted by Gasteiger charge is 2.35. The average molecular weight is 490 g/mol. The zero-order chi connectivity index (χ0) is 23.8. The van der Waals surface area contributed by atoms with Crippen molar-refractivity contribution in [2.45, 2.75) is 48.8 Å². The number of amides is 2. The van der Waals surface area contributed by atoms with E-state index >= 15 is 0 Å². The third-order valence-electron chi connectivity index (χ3n) is 5.66. The average Bonchev–Trinajstić information content (AvgIpc) is 3.16. The minimum Gasteiger partial charge on any atom is -0.356 e. The fourth-order valence-electron chi connectivity index (χ4n) is 3.83. The van der Waals surface area contributed by atoms with Gasteiger partial charge in [-0.2, -0.15) is 12.6 Å². The van der Waals surface area contributed by atoms with E-state index in [4.69, 9.17) is 0 Å². The zero-order valence-electron chi connectivity index (χ0n) is 18.7. The van der Waals surface area contributed by atoms with E-state index in [0.29, 0.717) is 26.1 Å². The van der Waals surface area contributed by atoms with Gasteiger partial charge in [0.1, 0.15) is 0 Å². The van der Waals surface area contributed by atoms with Gasteiger partial charge in [-0.3, -0.25) is 9.59 Å². The lowest BCUT2D eigenvalue weighted by atomic mass is 10.1. The molecule has 1 fully saturated rings. The van der Waals surface area contributed by atoms with Crippen LogP contribution in [-0.2, 0) is 19.6 Å². The van der Waals surface area contributed by atoms with Crippen molar-refractivity contribution in [1.29, 1.82) is 0 Å². The smallest absolute Gasteiger partial charge is 0.240 e. The summed E-state index contributed by atoms with van der Waals surface area (Å²) in [7, 11) is -3.73. The number of benzene rings is 2. The Balaban J connectivity index is 1.51. The van der Waals surface area contributed by atoms with Crippen molar-refractivity contribution in [3.8, 4) is 11.1 Å². The second-order valence-corrected chi connectivity index (χ2v) is 10.7. The summed E-state index contributed by atoms with van der Waals surface area (Å²) in [5.74, 6) is -0.0499. The Morgan fingerprint density at radius 3 is 2.30 bits per heavy atom. The fraction of sp³-hybridized carbons (Fsp3) is 0.417. The maximum Gasteiger partial charge on any atom is 0.240 e. The molecule has 2 atom stereocenters. The molecule has 0 bridgehead atoms. The van der Waals surface area contributed by atoms with E-state index in [2.05, 4.69) is 22.7 Å². The SMILES string of the molecule is CC(=O)NCCCCCC(=O)N1CC(S)C(NS(=O)(=O)c2ccc(-c3ccccc3)cc2)C1. The number of unbranched alkanes of at least 4 members (excludes halogenated alkanes) is 2. The summed E-state index contributed by atoms with van der Waals surface area (Å²) in [5.41, 5.74) is 1.96. The lowest BCUT2D eigenvalue weighted by Gasteiger charge is -2.17. The molecule has 2 amide bonds. The first-order chi connectivity index (χ1) is 15.8. The van der Waals surface area contributed by atoms with Gasteiger partial charge >= 0.3 is 0 Å². The number of rotatable bonds is 10. The van der Waals surface area contributed by atoms with Crippen molar-refractivity contribution in [2.24, 2.45) is 0 Å². The number of hydrogen-bond donors (Lipinski definition) is 3. The van der Waals surface area contributed by atoms with E-state index < -0.39 is 16.1 Å². The quantitative estimate of drug-likeness (QED) is 0.353. The standard InChI is InChI=1S/C24H31N3O4S2/c1-18(28)25-15-7-3-6-10-24(29)27-16-22(23(32)17-27)26-33(30,31)21-13-11-20(12-14-21)19-8-4-2-5-9-19/h2,4-5,8-9,11-14,22-23,26,32H,3,6-7,10,15-17H2,1H3,(H,25,28). The molecule has 2 aromatic carbocycles. The van der Waals surface area contributed by atoms with Crippen LogP contribution >= 0.6 is 12.6 Å². The number of nitrogens with zero attached hydrogens (tertiary/aromatic N) is 1. The van der Waals surface area contributed by atoms with Crippen LogP contribution in [0.15, 0.2) is 59.5 Å². The summed E-state index contributed by atoms with van der Waals surface area (Å²) in [4.78, 5) is 25.3. The first kappa shape index (κ1) is 25.3. The minimum absolute atomic E-state index is 0.00230. The Bertz CT molecular complexity index is 1040. The predicted octanol–water partition coefficient (Wildman–Crippen LogP) is 2.84. The van der Waals surface area contributed by atoms with Crippen LogP contribution in [0.1, 0.15) is 32.6 Å². The number of carbonyl (C=O) groups excluding carboxylic acids is 2. The van der Waals surface area contributed by atoms with Crippen LogP contribution in [0, 0.1) is 0 Å². The highest BCUT2D eigenvalue weighted by molar-refractivity contribution is 7.89. The predicted molar refractivity (Wildman–Crippen MR) is 132 cm³/mol. The molecule has 0 saturated carbocycles. The highest BCUT2D eigenvalue weighted by Crippen LogP contribution is 2.23. The Morgan fingerprint density at radius 1 is 0.970 bits per heavy atom. The second kappa shape index (κ2) is 11.7. The van der Waals surface area contributed by atoms with Gasteiger partial charge in [-0.25, -0.2) is 13.1 Å². The maximum atomic E-state index is 12.9. The summed E-state index contributed by atoms with van der Waals surface area (Å²) >= 11 is 4.52. The Morgan fingerprint density at radius 2 is 1.64 bits per heavy atom. The van der Waals surface area contributed by atoms with E-state index in [-0.39, 0.29) is 22.0 Å². The maximum absolute atomic E-state index is 12.9. The Hall–Kier alpha value is -2.36. The third kappa shape index (κ3) is 7.31. The molecule has 0 radical (unpaired) electrons. The summed E-state index contributed by atoms with van der Waals surface area (Å²) < 4.78 is 28.5. The largest absolute Gasteiger partial charge is 0.356 e. The van der Waals surface area contributed by atoms with Crippen LogP contribution in [0.3, 0.4) is 0 Å². The monoisotopic (exact) mass is 489 g/mol. The van der Waals surface area contributed by atoms with Crippen molar-refractivity contribution in [1.82, 2.24) is 14.9 Å². The van der Waals surface area contributed by atoms with Crippen LogP contribution < -0.4 is 10.0 Å². The molecule has 1 saturated heterocycles. The van der Waals surface area contributed by atoms with Crippen molar-refractivity contribution in [3.63, 3.8) is 0 Å². The van der Waals surface area contributed by atoms with Gasteiger partial charge < -0.3 is 10.2 Å². The Kier molecular flexibility index (Phi) is 8.94. The topological polar surface area (TPSA) is 95.6 Å². The number of hydrogen-bond acceptors (Lipinski definition) is 5. The van der Waals surface area contributed by atoms with Gasteiger partial charge in [0.25, 0.3) is 0 Å². The number of thiol groups is 1. The van der Waals surface area contributed by atoms with Gasteiger partial charge in [0.15, 0.2) is 0 Å². The summed E-state index contributed by atoms with van der Waals surface area (Å²) in [6.07, 6.45) is 2.81. The molecule has 7 nitrogen and oxygen atoms in total. The van der Waals surface area contributed by atoms with E-state index in [1.807, 2.05) is 30.3 Å². The summed E-state index contributed by atoms with van der Waals surface area (Å²) in [6, 6.07) is 16.1. The molecule has 0 spiro atoms. The van der Waals surface area contributed by atoms with Crippen LogP contribution in [0.2, 0.25) is 0 Å². The molecule has 2 N–H and O–H groups in total. The molecule has 0 aliphatic carbocycles. The number of nitrogens with one attached hydrogen (secondary N) is 2. The van der Waals surface area contributed by atoms with E-state index in [1.54, 1.807) is 29.2 Å². The molecular formula is C24H31N3O4S2. The van der Waals surface area contributed by atoms with Gasteiger partial charge in [0, 0.05) is 38.2 Å². The summed E-state index contributed by atoms with van der Waals surface area (Å²) in [6.45, 7) is 2.81. The molecular weight excluding hydrogens is 458 g/mol. The molecule has 1 aliphatic rings. The van der Waals surface area contributed by atoms with Crippen LogP contribution in [0.5, 0.6) is 0 Å². The molecule has 1 aliphatic heterocycles. The Labute approximate surface area is 201 Å². The lowest BCUT2D eigenvalue weighted by Crippen LogP contribution is -2.41. The van der Waals surface area contributed by atoms with Crippen molar-refractivity contribution in [2.75, 3.05) is 19.6 Å². The van der Waals surface area contributed by atoms with E-state index in [9.17, 15) is 18.0 Å². The van der Waals surface area contributed by atoms with Gasteiger partial charge in [-0.1, -0.05) is 48.9 Å². The van der Waals surface area contributed by atoms with Gasteiger partial charge in [0.05, 0.1) is 10.9 Å². The van der Waals surface area contributed by atoms with Gasteiger partial charge in [0.2, 0.25) is 21.8 Å². The molecule has 33 heavy (non-hydrogen) atoms. The molecule has 2 unspecified atom stereocenters. The molecule has 2 aromatic rings. The molecule has 0 aromatic heterocycles. The number of likely N-dealkylation sites (tertiary alicyclic amines) is 1. The normalized spacial score (nSPS) is 18.3. The molecule has 1 heterocycles. The van der Waals surface area contributed by atoms with E-state index in [1.165, 1.54) is 6.92 Å². The first-order valence-electron chi connectivity index (χ1n) is 11.1. The van der Waals surface area contributed by atoms with Gasteiger partial charge in [-0.05, 0) is 36.1 Å². The minimum atomic E-state index is -3.73. The molecule has 3 rings (SSSR count). The fourth-order valence-corrected chi connectivity index (χ4v) is 5.57. The van der Waals surface area contributed by atoms with E-state index in [0.717, 1.165) is 30.4 Å². The number of sulfonamides is 1. The van der Waals surface area contributed by atoms with Crippen molar-refractivity contribution < 1.29 is 18.0 Å². The molecule has 178 valence electrons. The van der Waals surface area contributed by atoms with Gasteiger partial charge in [-0.15, -0.1) is 0 Å². The zero-order valence-corrected chi connectivity index (χ0v) is 20.4. The number of carbonyl (C=O) groups is 2. The van der Waals surface area contributed by atoms with Crippen LogP contribution in [-0.4, -0.2) is 56.1 Å². The lowest BCUT2D eigenvalue weighted by molar-refractivity contribution is -0.130. The molecule has 9 heteroatoms. The van der Waals surface area contributed by atoms with Crippen LogP contribution in [0.25, 0.3) is 11.1 Å². The van der Waals surface area contributed by atoms with Crippen LogP contribution in [0.4, 0.5) is 0 Å². The first-order valence-corrected chi connectivity index (χ1v) is 13.1. The third-order valence-corrected chi connectivity index (χ3v) is 7.69. The van der Waals surface area contributed by atoms with Crippen molar-refractivity contribution >= 4 is 34.5 Å².